The lowest BCUT2D eigenvalue weighted by Crippen LogP contribution is -2.28. The number of furan rings is 1. The summed E-state index contributed by atoms with van der Waals surface area (Å²) in [5.41, 5.74) is 3.85. The van der Waals surface area contributed by atoms with Gasteiger partial charge in [0.2, 0.25) is 0 Å². The number of benzene rings is 1. The van der Waals surface area contributed by atoms with E-state index in [1.807, 2.05) is 0 Å². The minimum Gasteiger partial charge on any atom is -0.456 e. The molecule has 0 bridgehead atoms. The summed E-state index contributed by atoms with van der Waals surface area (Å²) < 4.78 is 23.4. The van der Waals surface area contributed by atoms with Crippen LogP contribution in [-0.2, 0) is 6.42 Å². The van der Waals surface area contributed by atoms with Gasteiger partial charge in [0.15, 0.2) is 11.4 Å². The van der Waals surface area contributed by atoms with Gasteiger partial charge in [-0.2, -0.15) is 0 Å². The van der Waals surface area contributed by atoms with Crippen molar-refractivity contribution < 1.29 is 8.81 Å². The molecule has 0 radical (unpaired) electrons. The minimum atomic E-state index is -0.384. The van der Waals surface area contributed by atoms with E-state index in [1.54, 1.807) is 18.2 Å². The first-order valence-electron chi connectivity index (χ1n) is 6.69. The van der Waals surface area contributed by atoms with Gasteiger partial charge in [-0.3, -0.25) is 5.84 Å². The number of fused-ring (bicyclic) bond motifs is 1. The molecule has 1 atom stereocenters. The maximum atomic E-state index is 13.7. The molecule has 0 spiro atoms. The third kappa shape index (κ3) is 2.55. The highest BCUT2D eigenvalue weighted by molar-refractivity contribution is 7.05. The van der Waals surface area contributed by atoms with Crippen molar-refractivity contribution in [2.45, 2.75) is 25.8 Å². The second-order valence-corrected chi connectivity index (χ2v) is 5.53. The van der Waals surface area contributed by atoms with Crippen molar-refractivity contribution in [3.05, 3.63) is 46.4 Å². The number of para-hydroxylation sites is 1. The van der Waals surface area contributed by atoms with Crippen LogP contribution in [0.3, 0.4) is 0 Å². The highest BCUT2D eigenvalue weighted by Gasteiger charge is 2.23. The zero-order chi connectivity index (χ0) is 14.8. The number of aromatic nitrogens is 2. The number of nitrogens with zero attached hydrogens (tertiary/aromatic N) is 2. The van der Waals surface area contributed by atoms with Crippen molar-refractivity contribution in [1.29, 1.82) is 0 Å². The van der Waals surface area contributed by atoms with E-state index >= 15 is 0 Å². The molecule has 0 fully saturated rings. The molecule has 0 aliphatic heterocycles. The van der Waals surface area contributed by atoms with Crippen molar-refractivity contribution in [2.75, 3.05) is 0 Å². The molecule has 0 aliphatic rings. The topological polar surface area (TPSA) is 77.0 Å². The fourth-order valence-electron chi connectivity index (χ4n) is 2.32. The summed E-state index contributed by atoms with van der Waals surface area (Å²) in [5.74, 6) is 5.84. The van der Waals surface area contributed by atoms with Crippen molar-refractivity contribution in [1.82, 2.24) is 15.0 Å². The van der Waals surface area contributed by atoms with Gasteiger partial charge in [0.1, 0.15) is 11.8 Å². The Morgan fingerprint density at radius 3 is 3.05 bits per heavy atom. The standard InChI is InChI=1S/C14H15FN4OS/c1-2-4-10-14(21-19-18-10)12(17-16)11-7-8-5-3-6-9(15)13(8)20-11/h3,5-7,12,17H,2,4,16H2,1H3. The van der Waals surface area contributed by atoms with Crippen molar-refractivity contribution in [3.8, 4) is 0 Å². The Morgan fingerprint density at radius 1 is 1.48 bits per heavy atom. The first-order chi connectivity index (χ1) is 10.2. The lowest BCUT2D eigenvalue weighted by molar-refractivity contribution is 0.466. The zero-order valence-electron chi connectivity index (χ0n) is 11.5. The van der Waals surface area contributed by atoms with E-state index in [1.165, 1.54) is 17.6 Å². The molecule has 1 unspecified atom stereocenters. The maximum absolute atomic E-state index is 13.7. The van der Waals surface area contributed by atoms with Crippen LogP contribution in [-0.4, -0.2) is 9.59 Å². The van der Waals surface area contributed by atoms with Crippen LogP contribution in [0.5, 0.6) is 0 Å². The largest absolute Gasteiger partial charge is 0.456 e. The monoisotopic (exact) mass is 306 g/mol. The highest BCUT2D eigenvalue weighted by atomic mass is 32.1. The normalized spacial score (nSPS) is 12.9. The van der Waals surface area contributed by atoms with E-state index in [9.17, 15) is 4.39 Å². The number of nitrogens with one attached hydrogen (secondary N) is 1. The molecule has 3 rings (SSSR count). The van der Waals surface area contributed by atoms with Crippen LogP contribution >= 0.6 is 11.5 Å². The second-order valence-electron chi connectivity index (χ2n) is 4.74. The Labute approximate surface area is 125 Å². The first kappa shape index (κ1) is 14.1. The molecule has 0 saturated carbocycles. The summed E-state index contributed by atoms with van der Waals surface area (Å²) in [6, 6.07) is 6.24. The lowest BCUT2D eigenvalue weighted by Gasteiger charge is -2.11. The Hall–Kier alpha value is -1.83. The van der Waals surface area contributed by atoms with Crippen LogP contribution in [0.1, 0.15) is 35.7 Å². The molecule has 5 nitrogen and oxygen atoms in total. The molecule has 2 heterocycles. The van der Waals surface area contributed by atoms with Crippen LogP contribution in [0.2, 0.25) is 0 Å². The fraction of sp³-hybridized carbons (Fsp3) is 0.286. The predicted molar refractivity (Wildman–Crippen MR) is 79.2 cm³/mol. The molecular formula is C14H15FN4OS. The number of rotatable bonds is 5. The quantitative estimate of drug-likeness (QED) is 0.560. The molecule has 3 aromatic rings. The number of aryl methyl sites for hydroxylation is 1. The number of hydrazine groups is 1. The average molecular weight is 306 g/mol. The third-order valence-corrected chi connectivity index (χ3v) is 4.13. The summed E-state index contributed by atoms with van der Waals surface area (Å²) in [6.45, 7) is 2.07. The SMILES string of the molecule is CCCc1nnsc1C(NN)c1cc2cccc(F)c2o1. The minimum absolute atomic E-state index is 0.238. The van der Waals surface area contributed by atoms with Crippen LogP contribution in [0, 0.1) is 5.82 Å². The number of hydrogen-bond donors (Lipinski definition) is 2. The van der Waals surface area contributed by atoms with Gasteiger partial charge in [0, 0.05) is 5.39 Å². The second kappa shape index (κ2) is 5.88. The molecule has 3 N–H and O–H groups in total. The first-order valence-corrected chi connectivity index (χ1v) is 7.47. The van der Waals surface area contributed by atoms with Crippen molar-refractivity contribution >= 4 is 22.5 Å². The van der Waals surface area contributed by atoms with E-state index in [0.29, 0.717) is 11.1 Å². The van der Waals surface area contributed by atoms with Crippen LogP contribution in [0.25, 0.3) is 11.0 Å². The Kier molecular flexibility index (Phi) is 3.96. The summed E-state index contributed by atoms with van der Waals surface area (Å²) in [6.07, 6.45) is 1.78. The van der Waals surface area contributed by atoms with E-state index in [0.717, 1.165) is 23.4 Å². The molecule has 1 aromatic carbocycles. The summed E-state index contributed by atoms with van der Waals surface area (Å²) >= 11 is 1.27. The Balaban J connectivity index is 2.05. The molecule has 0 aliphatic carbocycles. The average Bonchev–Trinajstić information content (AvgIpc) is 3.09. The molecule has 2 aromatic heterocycles. The zero-order valence-corrected chi connectivity index (χ0v) is 12.3. The number of nitrogens with two attached hydrogens (primary N) is 1. The van der Waals surface area contributed by atoms with Gasteiger partial charge in [-0.05, 0) is 30.1 Å². The van der Waals surface area contributed by atoms with Gasteiger partial charge in [0.25, 0.3) is 0 Å². The smallest absolute Gasteiger partial charge is 0.169 e. The summed E-state index contributed by atoms with van der Waals surface area (Å²) in [4.78, 5) is 0.902. The fourth-order valence-corrected chi connectivity index (χ4v) is 3.09. The number of halogens is 1. The molecule has 0 amide bonds. The molecular weight excluding hydrogens is 291 g/mol. The van der Waals surface area contributed by atoms with Gasteiger partial charge in [-0.25, -0.2) is 9.82 Å². The Bertz CT molecular complexity index is 754. The van der Waals surface area contributed by atoms with Gasteiger partial charge in [0.05, 0.1) is 10.6 Å². The van der Waals surface area contributed by atoms with Gasteiger partial charge >= 0.3 is 0 Å². The molecule has 0 saturated heterocycles. The lowest BCUT2D eigenvalue weighted by atomic mass is 10.1. The van der Waals surface area contributed by atoms with Crippen LogP contribution < -0.4 is 11.3 Å². The van der Waals surface area contributed by atoms with Crippen LogP contribution in [0.4, 0.5) is 4.39 Å². The van der Waals surface area contributed by atoms with Crippen molar-refractivity contribution in [2.24, 2.45) is 5.84 Å². The van der Waals surface area contributed by atoms with Gasteiger partial charge < -0.3 is 4.42 Å². The van der Waals surface area contributed by atoms with E-state index < -0.39 is 0 Å². The maximum Gasteiger partial charge on any atom is 0.169 e. The molecule has 110 valence electrons. The number of hydrogen-bond acceptors (Lipinski definition) is 6. The van der Waals surface area contributed by atoms with E-state index in [4.69, 9.17) is 10.3 Å². The summed E-state index contributed by atoms with van der Waals surface area (Å²) in [5, 5.41) is 4.84. The van der Waals surface area contributed by atoms with Gasteiger partial charge in [-0.15, -0.1) is 5.10 Å². The van der Waals surface area contributed by atoms with Crippen LogP contribution in [0.15, 0.2) is 28.7 Å². The summed E-state index contributed by atoms with van der Waals surface area (Å²) in [7, 11) is 0. The van der Waals surface area contributed by atoms with Crippen molar-refractivity contribution in [3.63, 3.8) is 0 Å². The molecule has 21 heavy (non-hydrogen) atoms. The van der Waals surface area contributed by atoms with E-state index in [2.05, 4.69) is 21.9 Å². The van der Waals surface area contributed by atoms with Gasteiger partial charge in [-0.1, -0.05) is 30.0 Å². The predicted octanol–water partition coefficient (Wildman–Crippen LogP) is 2.93. The third-order valence-electron chi connectivity index (χ3n) is 3.30. The molecule has 7 heteroatoms. The van der Waals surface area contributed by atoms with E-state index in [-0.39, 0.29) is 17.4 Å². The highest BCUT2D eigenvalue weighted by Crippen LogP contribution is 2.32. The Morgan fingerprint density at radius 2 is 2.33 bits per heavy atom.